The summed E-state index contributed by atoms with van der Waals surface area (Å²) < 4.78 is 45.4. The minimum Gasteiger partial charge on any atom is -0.247 e. The van der Waals surface area contributed by atoms with Crippen LogP contribution in [-0.4, -0.2) is 18.5 Å². The van der Waals surface area contributed by atoms with Crippen LogP contribution < -0.4 is 0 Å². The fourth-order valence-electron chi connectivity index (χ4n) is 8.79. The minimum atomic E-state index is -1.23. The Morgan fingerprint density at radius 1 is 0.543 bits per heavy atom. The van der Waals surface area contributed by atoms with Crippen molar-refractivity contribution in [3.05, 3.63) is 0 Å². The second-order valence-electron chi connectivity index (χ2n) is 13.4. The van der Waals surface area contributed by atoms with Crippen LogP contribution in [0.15, 0.2) is 0 Å². The zero-order valence-electron chi connectivity index (χ0n) is 22.8. The van der Waals surface area contributed by atoms with Crippen molar-refractivity contribution in [2.24, 2.45) is 41.4 Å². The molecule has 4 aliphatic carbocycles. The standard InChI is InChI=1S/C32H55F3/c1-2-3-4-6-9-24-15-19-27(30(33)22-24)18-14-23-12-16-26(17-13-23)29-21-20-28(31(34)32(29)35)25-10-7-5-8-11-25/h23-32H,2-22H2,1H3/t23?,24?,26?,27?,28?,29?,30?,31?,32-/m0/s1. The van der Waals surface area contributed by atoms with E-state index in [4.69, 9.17) is 0 Å². The van der Waals surface area contributed by atoms with Gasteiger partial charge in [-0.25, -0.2) is 13.2 Å². The Balaban J connectivity index is 1.13. The van der Waals surface area contributed by atoms with Gasteiger partial charge in [0.15, 0.2) is 0 Å². The van der Waals surface area contributed by atoms with E-state index in [1.165, 1.54) is 57.8 Å². The van der Waals surface area contributed by atoms with E-state index in [0.717, 1.165) is 77.0 Å². The van der Waals surface area contributed by atoms with Gasteiger partial charge in [0.05, 0.1) is 0 Å². The first kappa shape index (κ1) is 27.8. The first-order valence-corrected chi connectivity index (χ1v) is 16.0. The van der Waals surface area contributed by atoms with E-state index in [1.54, 1.807) is 0 Å². The molecule has 0 aliphatic heterocycles. The molecule has 0 nitrogen and oxygen atoms in total. The summed E-state index contributed by atoms with van der Waals surface area (Å²) in [5.41, 5.74) is 0. The predicted molar refractivity (Wildman–Crippen MR) is 142 cm³/mol. The predicted octanol–water partition coefficient (Wildman–Crippen LogP) is 10.6. The van der Waals surface area contributed by atoms with Crippen molar-refractivity contribution >= 4 is 0 Å². The quantitative estimate of drug-likeness (QED) is 0.264. The maximum Gasteiger partial charge on any atom is 0.134 e. The zero-order valence-corrected chi connectivity index (χ0v) is 22.8. The molecule has 0 saturated heterocycles. The summed E-state index contributed by atoms with van der Waals surface area (Å²) in [6.45, 7) is 2.25. The topological polar surface area (TPSA) is 0 Å². The van der Waals surface area contributed by atoms with Crippen LogP contribution in [-0.2, 0) is 0 Å². The van der Waals surface area contributed by atoms with Crippen molar-refractivity contribution in [2.75, 3.05) is 0 Å². The van der Waals surface area contributed by atoms with E-state index in [9.17, 15) is 4.39 Å². The van der Waals surface area contributed by atoms with Gasteiger partial charge in [0, 0.05) is 0 Å². The molecule has 0 amide bonds. The van der Waals surface area contributed by atoms with E-state index in [-0.39, 0.29) is 17.8 Å². The van der Waals surface area contributed by atoms with E-state index >= 15 is 8.78 Å². The average Bonchev–Trinajstić information content (AvgIpc) is 2.89. The molecule has 0 aromatic heterocycles. The summed E-state index contributed by atoms with van der Waals surface area (Å²) in [5.74, 6) is 2.33. The van der Waals surface area contributed by atoms with Gasteiger partial charge in [-0.3, -0.25) is 0 Å². The van der Waals surface area contributed by atoms with Gasteiger partial charge in [-0.15, -0.1) is 0 Å². The Morgan fingerprint density at radius 3 is 1.80 bits per heavy atom. The van der Waals surface area contributed by atoms with Gasteiger partial charge in [0.2, 0.25) is 0 Å². The number of halogens is 3. The molecule has 0 aromatic rings. The molecule has 0 spiro atoms. The molecule has 0 radical (unpaired) electrons. The molecule has 4 rings (SSSR count). The lowest BCUT2D eigenvalue weighted by molar-refractivity contribution is -0.0349. The van der Waals surface area contributed by atoms with Gasteiger partial charge in [0.25, 0.3) is 0 Å². The molecule has 4 aliphatic rings. The van der Waals surface area contributed by atoms with Crippen LogP contribution in [0.1, 0.15) is 142 Å². The van der Waals surface area contributed by atoms with Crippen molar-refractivity contribution in [2.45, 2.75) is 160 Å². The molecular formula is C32H55F3. The first-order valence-electron chi connectivity index (χ1n) is 16.0. The highest BCUT2D eigenvalue weighted by Crippen LogP contribution is 2.48. The van der Waals surface area contributed by atoms with Crippen molar-refractivity contribution in [3.8, 4) is 0 Å². The average molecular weight is 497 g/mol. The van der Waals surface area contributed by atoms with Crippen LogP contribution in [0.3, 0.4) is 0 Å². The molecule has 0 aromatic carbocycles. The molecule has 6 unspecified atom stereocenters. The largest absolute Gasteiger partial charge is 0.247 e. The summed E-state index contributed by atoms with van der Waals surface area (Å²) in [6, 6.07) is 0. The second kappa shape index (κ2) is 14.1. The Hall–Kier alpha value is -0.210. The van der Waals surface area contributed by atoms with Gasteiger partial charge in [0.1, 0.15) is 18.5 Å². The Morgan fingerprint density at radius 2 is 1.17 bits per heavy atom. The van der Waals surface area contributed by atoms with E-state index in [2.05, 4.69) is 6.92 Å². The monoisotopic (exact) mass is 496 g/mol. The number of hydrogen-bond donors (Lipinski definition) is 0. The molecule has 4 saturated carbocycles. The van der Waals surface area contributed by atoms with Crippen molar-refractivity contribution in [1.29, 1.82) is 0 Å². The third-order valence-electron chi connectivity index (χ3n) is 11.1. The highest BCUT2D eigenvalue weighted by Gasteiger charge is 2.46. The fourth-order valence-corrected chi connectivity index (χ4v) is 8.79. The van der Waals surface area contributed by atoms with E-state index in [0.29, 0.717) is 23.7 Å². The van der Waals surface area contributed by atoms with Gasteiger partial charge in [-0.05, 0) is 92.8 Å². The van der Waals surface area contributed by atoms with Crippen LogP contribution in [0.4, 0.5) is 13.2 Å². The highest BCUT2D eigenvalue weighted by molar-refractivity contribution is 4.95. The lowest BCUT2D eigenvalue weighted by atomic mass is 9.64. The third kappa shape index (κ3) is 7.66. The minimum absolute atomic E-state index is 0.0158. The van der Waals surface area contributed by atoms with Crippen molar-refractivity contribution in [3.63, 3.8) is 0 Å². The van der Waals surface area contributed by atoms with Crippen LogP contribution >= 0.6 is 0 Å². The lowest BCUT2D eigenvalue weighted by Crippen LogP contribution is -2.44. The normalized spacial score (nSPS) is 41.7. The SMILES string of the molecule is CCCCCCC1CCC(CCC2CCC(C3CCC(C4CCCCC4)C(F)[C@H]3F)CC2)C(F)C1. The third-order valence-corrected chi connectivity index (χ3v) is 11.1. The summed E-state index contributed by atoms with van der Waals surface area (Å²) in [4.78, 5) is 0. The Bertz CT molecular complexity index is 579. The Labute approximate surface area is 215 Å². The second-order valence-corrected chi connectivity index (χ2v) is 13.4. The molecule has 35 heavy (non-hydrogen) atoms. The number of alkyl halides is 3. The Kier molecular flexibility index (Phi) is 11.2. The summed E-state index contributed by atoms with van der Waals surface area (Å²) in [6.07, 6.45) is 20.9. The van der Waals surface area contributed by atoms with Crippen molar-refractivity contribution in [1.82, 2.24) is 0 Å². The van der Waals surface area contributed by atoms with E-state index in [1.807, 2.05) is 0 Å². The maximum atomic E-state index is 15.3. The molecule has 0 heterocycles. The molecule has 0 bridgehead atoms. The van der Waals surface area contributed by atoms with Crippen LogP contribution in [0.5, 0.6) is 0 Å². The van der Waals surface area contributed by atoms with Crippen molar-refractivity contribution < 1.29 is 13.2 Å². The summed E-state index contributed by atoms with van der Waals surface area (Å²) >= 11 is 0. The van der Waals surface area contributed by atoms with Crippen LogP contribution in [0.2, 0.25) is 0 Å². The molecule has 4 fully saturated rings. The van der Waals surface area contributed by atoms with Crippen LogP contribution in [0, 0.1) is 41.4 Å². The summed E-state index contributed by atoms with van der Waals surface area (Å²) in [7, 11) is 0. The molecule has 0 N–H and O–H groups in total. The lowest BCUT2D eigenvalue weighted by Gasteiger charge is -2.44. The van der Waals surface area contributed by atoms with Crippen LogP contribution in [0.25, 0.3) is 0 Å². The fraction of sp³-hybridized carbons (Fsp3) is 1.00. The highest BCUT2D eigenvalue weighted by atomic mass is 19.2. The number of rotatable bonds is 10. The smallest absolute Gasteiger partial charge is 0.134 e. The molecule has 204 valence electrons. The summed E-state index contributed by atoms with van der Waals surface area (Å²) in [5, 5.41) is 0. The number of hydrogen-bond acceptors (Lipinski definition) is 0. The first-order chi connectivity index (χ1) is 17.1. The van der Waals surface area contributed by atoms with Gasteiger partial charge < -0.3 is 0 Å². The van der Waals surface area contributed by atoms with Gasteiger partial charge in [-0.1, -0.05) is 90.4 Å². The molecular weight excluding hydrogens is 441 g/mol. The van der Waals surface area contributed by atoms with E-state index < -0.39 is 18.5 Å². The molecule has 3 heteroatoms. The maximum absolute atomic E-state index is 15.3. The van der Waals surface area contributed by atoms with Gasteiger partial charge in [-0.2, -0.15) is 0 Å². The zero-order chi connectivity index (χ0) is 24.6. The molecule has 7 atom stereocenters. The van der Waals surface area contributed by atoms with Gasteiger partial charge >= 0.3 is 0 Å². The number of unbranched alkanes of at least 4 members (excludes halogenated alkanes) is 3.